The number of likely N-dealkylation sites (N-methyl/N-ethyl adjacent to an activating group) is 1. The van der Waals surface area contributed by atoms with Crippen molar-refractivity contribution in [2.45, 2.75) is 51.6 Å². The summed E-state index contributed by atoms with van der Waals surface area (Å²) in [5.74, 6) is 1.49. The molecule has 1 N–H and O–H groups in total. The Balaban J connectivity index is 1.75. The van der Waals surface area contributed by atoms with E-state index < -0.39 is 0 Å². The number of pyridine rings is 1. The van der Waals surface area contributed by atoms with Crippen LogP contribution in [0.1, 0.15) is 37.9 Å². The molecule has 164 valence electrons. The van der Waals surface area contributed by atoms with Crippen molar-refractivity contribution >= 4 is 16.6 Å². The van der Waals surface area contributed by atoms with Crippen LogP contribution in [0.5, 0.6) is 11.5 Å². The molecule has 2 aromatic rings. The Morgan fingerprint density at radius 1 is 1.00 bits per heavy atom. The second-order valence-corrected chi connectivity index (χ2v) is 8.99. The average molecular weight is 413 g/mol. The third-order valence-corrected chi connectivity index (χ3v) is 6.76. The van der Waals surface area contributed by atoms with Crippen LogP contribution < -0.4 is 14.8 Å². The molecule has 30 heavy (non-hydrogen) atoms. The van der Waals surface area contributed by atoms with Crippen molar-refractivity contribution < 1.29 is 9.47 Å². The summed E-state index contributed by atoms with van der Waals surface area (Å²) in [5, 5.41) is 5.10. The van der Waals surface area contributed by atoms with Gasteiger partial charge in [0.2, 0.25) is 0 Å². The standard InChI is InChI=1S/C24H36N4O2/c1-16(2)28-12-6-17(7-13-28)25-24-18-8-10-27(3)11-9-20(18)26-21-15-23(30-5)22(29-4)14-19(21)24/h14-17H,6-13H2,1-5H3,(H,25,26). The zero-order valence-electron chi connectivity index (χ0n) is 19.1. The van der Waals surface area contributed by atoms with Gasteiger partial charge in [-0.05, 0) is 51.8 Å². The normalized spacial score (nSPS) is 19.0. The maximum Gasteiger partial charge on any atom is 0.162 e. The predicted molar refractivity (Wildman–Crippen MR) is 123 cm³/mol. The number of methoxy groups -OCH3 is 2. The number of anilines is 1. The number of rotatable bonds is 5. The quantitative estimate of drug-likeness (QED) is 0.810. The van der Waals surface area contributed by atoms with Gasteiger partial charge in [-0.3, -0.25) is 4.98 Å². The van der Waals surface area contributed by atoms with E-state index in [1.54, 1.807) is 14.2 Å². The van der Waals surface area contributed by atoms with Crippen LogP contribution >= 0.6 is 0 Å². The number of benzene rings is 1. The van der Waals surface area contributed by atoms with Gasteiger partial charge in [0.15, 0.2) is 11.5 Å². The van der Waals surface area contributed by atoms with Gasteiger partial charge in [-0.15, -0.1) is 0 Å². The monoisotopic (exact) mass is 412 g/mol. The van der Waals surface area contributed by atoms with Gasteiger partial charge in [0.05, 0.1) is 19.7 Å². The van der Waals surface area contributed by atoms with Crippen molar-refractivity contribution in [3.05, 3.63) is 23.4 Å². The number of hydrogen-bond donors (Lipinski definition) is 1. The highest BCUT2D eigenvalue weighted by molar-refractivity contribution is 5.96. The number of ether oxygens (including phenoxy) is 2. The zero-order chi connectivity index (χ0) is 21.3. The molecule has 0 bridgehead atoms. The van der Waals surface area contributed by atoms with Gasteiger partial charge >= 0.3 is 0 Å². The van der Waals surface area contributed by atoms with Crippen LogP contribution in [0.25, 0.3) is 10.9 Å². The summed E-state index contributed by atoms with van der Waals surface area (Å²) in [4.78, 5) is 10.0. The van der Waals surface area contributed by atoms with Gasteiger partial charge in [0, 0.05) is 67.5 Å². The molecule has 0 radical (unpaired) electrons. The van der Waals surface area contributed by atoms with E-state index >= 15 is 0 Å². The van der Waals surface area contributed by atoms with Crippen LogP contribution in [0.2, 0.25) is 0 Å². The molecule has 3 heterocycles. The van der Waals surface area contributed by atoms with E-state index in [9.17, 15) is 0 Å². The van der Waals surface area contributed by atoms with E-state index in [0.29, 0.717) is 12.1 Å². The lowest BCUT2D eigenvalue weighted by Gasteiger charge is -2.36. The fourth-order valence-corrected chi connectivity index (χ4v) is 4.80. The lowest BCUT2D eigenvalue weighted by molar-refractivity contribution is 0.177. The largest absolute Gasteiger partial charge is 0.493 e. The van der Waals surface area contributed by atoms with E-state index in [2.05, 4.69) is 42.1 Å². The number of aromatic nitrogens is 1. The SMILES string of the molecule is COc1cc2nc3c(c(NC4CCN(C(C)C)CC4)c2cc1OC)CCN(C)CC3. The Labute approximate surface area is 180 Å². The summed E-state index contributed by atoms with van der Waals surface area (Å²) in [7, 11) is 5.58. The minimum Gasteiger partial charge on any atom is -0.493 e. The van der Waals surface area contributed by atoms with Gasteiger partial charge in [0.1, 0.15) is 0 Å². The number of nitrogens with zero attached hydrogens (tertiary/aromatic N) is 3. The predicted octanol–water partition coefficient (Wildman–Crippen LogP) is 3.57. The summed E-state index contributed by atoms with van der Waals surface area (Å²) in [5.41, 5.74) is 4.85. The van der Waals surface area contributed by atoms with Crippen LogP contribution in [-0.4, -0.2) is 74.3 Å². The fourth-order valence-electron chi connectivity index (χ4n) is 4.80. The Morgan fingerprint density at radius 2 is 1.67 bits per heavy atom. The second kappa shape index (κ2) is 8.98. The third-order valence-electron chi connectivity index (χ3n) is 6.76. The van der Waals surface area contributed by atoms with Crippen LogP contribution in [-0.2, 0) is 12.8 Å². The van der Waals surface area contributed by atoms with Crippen LogP contribution in [0.3, 0.4) is 0 Å². The summed E-state index contributed by atoms with van der Waals surface area (Å²) in [6.45, 7) is 9.00. The molecule has 6 nitrogen and oxygen atoms in total. The molecule has 0 saturated carbocycles. The third kappa shape index (κ3) is 4.21. The summed E-state index contributed by atoms with van der Waals surface area (Å²) >= 11 is 0. The van der Waals surface area contributed by atoms with E-state index in [1.807, 2.05) is 6.07 Å². The number of fused-ring (bicyclic) bond motifs is 2. The topological polar surface area (TPSA) is 49.9 Å². The zero-order valence-corrected chi connectivity index (χ0v) is 19.1. The molecule has 0 atom stereocenters. The Hall–Kier alpha value is -2.05. The van der Waals surface area contributed by atoms with Crippen molar-refractivity contribution in [3.63, 3.8) is 0 Å². The van der Waals surface area contributed by atoms with E-state index in [-0.39, 0.29) is 0 Å². The Morgan fingerprint density at radius 3 is 2.33 bits per heavy atom. The Bertz CT molecular complexity index is 891. The van der Waals surface area contributed by atoms with E-state index in [0.717, 1.165) is 61.4 Å². The molecule has 0 spiro atoms. The molecule has 1 fully saturated rings. The highest BCUT2D eigenvalue weighted by atomic mass is 16.5. The summed E-state index contributed by atoms with van der Waals surface area (Å²) in [6.07, 6.45) is 4.35. The number of nitrogens with one attached hydrogen (secondary N) is 1. The smallest absolute Gasteiger partial charge is 0.162 e. The van der Waals surface area contributed by atoms with Crippen LogP contribution in [0.15, 0.2) is 12.1 Å². The average Bonchev–Trinajstić information content (AvgIpc) is 2.94. The minimum atomic E-state index is 0.490. The molecule has 2 aliphatic rings. The molecule has 6 heteroatoms. The second-order valence-electron chi connectivity index (χ2n) is 8.99. The molecular formula is C24H36N4O2. The van der Waals surface area contributed by atoms with E-state index in [1.165, 1.54) is 29.8 Å². The summed E-state index contributed by atoms with van der Waals surface area (Å²) in [6, 6.07) is 5.23. The first-order valence-electron chi connectivity index (χ1n) is 11.3. The molecule has 4 rings (SSSR count). The van der Waals surface area contributed by atoms with Crippen molar-refractivity contribution in [1.29, 1.82) is 0 Å². The molecule has 0 unspecified atom stereocenters. The van der Waals surface area contributed by atoms with Crippen molar-refractivity contribution in [3.8, 4) is 11.5 Å². The maximum absolute atomic E-state index is 5.62. The highest BCUT2D eigenvalue weighted by Crippen LogP contribution is 2.38. The van der Waals surface area contributed by atoms with Crippen LogP contribution in [0.4, 0.5) is 5.69 Å². The van der Waals surface area contributed by atoms with Crippen molar-refractivity contribution in [1.82, 2.24) is 14.8 Å². The van der Waals surface area contributed by atoms with E-state index in [4.69, 9.17) is 14.5 Å². The molecule has 1 aromatic heterocycles. The molecule has 1 aromatic carbocycles. The molecule has 1 saturated heterocycles. The summed E-state index contributed by atoms with van der Waals surface area (Å²) < 4.78 is 11.2. The maximum atomic E-state index is 5.62. The number of likely N-dealkylation sites (tertiary alicyclic amines) is 1. The highest BCUT2D eigenvalue weighted by Gasteiger charge is 2.25. The van der Waals surface area contributed by atoms with Gasteiger partial charge in [-0.1, -0.05) is 0 Å². The molecule has 2 aliphatic heterocycles. The van der Waals surface area contributed by atoms with Gasteiger partial charge < -0.3 is 24.6 Å². The fraction of sp³-hybridized carbons (Fsp3) is 0.625. The van der Waals surface area contributed by atoms with Gasteiger partial charge in [0.25, 0.3) is 0 Å². The van der Waals surface area contributed by atoms with Crippen LogP contribution in [0, 0.1) is 0 Å². The first-order valence-corrected chi connectivity index (χ1v) is 11.3. The Kier molecular flexibility index (Phi) is 6.34. The molecule has 0 aliphatic carbocycles. The lowest BCUT2D eigenvalue weighted by Crippen LogP contribution is -2.42. The molecular weight excluding hydrogens is 376 g/mol. The first-order chi connectivity index (χ1) is 14.5. The van der Waals surface area contributed by atoms with Crippen molar-refractivity contribution in [2.24, 2.45) is 0 Å². The molecule has 0 amide bonds. The van der Waals surface area contributed by atoms with Crippen molar-refractivity contribution in [2.75, 3.05) is 52.8 Å². The lowest BCUT2D eigenvalue weighted by atomic mass is 9.98. The van der Waals surface area contributed by atoms with Gasteiger partial charge in [-0.25, -0.2) is 0 Å². The minimum absolute atomic E-state index is 0.490. The number of piperidine rings is 1. The van der Waals surface area contributed by atoms with Gasteiger partial charge in [-0.2, -0.15) is 0 Å². The number of hydrogen-bond acceptors (Lipinski definition) is 6. The first kappa shape index (κ1) is 21.2.